The molecule has 18 heavy (non-hydrogen) atoms. The lowest BCUT2D eigenvalue weighted by molar-refractivity contribution is 0.218. The van der Waals surface area contributed by atoms with Crippen molar-refractivity contribution in [3.05, 3.63) is 52.1 Å². The van der Waals surface area contributed by atoms with Crippen LogP contribution in [0, 0.1) is 3.57 Å². The molecule has 0 aliphatic heterocycles. The summed E-state index contributed by atoms with van der Waals surface area (Å²) in [6.45, 7) is 0.966. The Morgan fingerprint density at radius 1 is 0.944 bits per heavy atom. The highest BCUT2D eigenvalue weighted by Gasteiger charge is 1.99. The minimum atomic E-state index is 0.472. The molecule has 0 atom stereocenters. The van der Waals surface area contributed by atoms with E-state index in [2.05, 4.69) is 22.6 Å². The SMILES string of the molecule is Nc1ccccc1OCCOc1cccc(I)c1. The first-order valence-electron chi connectivity index (χ1n) is 5.61. The van der Waals surface area contributed by atoms with Gasteiger partial charge in [-0.05, 0) is 52.9 Å². The number of halogens is 1. The van der Waals surface area contributed by atoms with Gasteiger partial charge in [0.2, 0.25) is 0 Å². The predicted octanol–water partition coefficient (Wildman–Crippen LogP) is 3.33. The molecular weight excluding hydrogens is 341 g/mol. The molecule has 2 rings (SSSR count). The summed E-state index contributed by atoms with van der Waals surface area (Å²) in [4.78, 5) is 0. The van der Waals surface area contributed by atoms with Gasteiger partial charge < -0.3 is 15.2 Å². The van der Waals surface area contributed by atoms with E-state index in [1.54, 1.807) is 0 Å². The van der Waals surface area contributed by atoms with Crippen LogP contribution in [-0.4, -0.2) is 13.2 Å². The molecule has 0 saturated carbocycles. The number of rotatable bonds is 5. The molecule has 2 aromatic carbocycles. The third-order valence-corrected chi connectivity index (χ3v) is 3.00. The molecule has 0 aliphatic carbocycles. The quantitative estimate of drug-likeness (QED) is 0.508. The van der Waals surface area contributed by atoms with Gasteiger partial charge in [-0.25, -0.2) is 0 Å². The smallest absolute Gasteiger partial charge is 0.142 e. The van der Waals surface area contributed by atoms with E-state index in [-0.39, 0.29) is 0 Å². The predicted molar refractivity (Wildman–Crippen MR) is 81.0 cm³/mol. The monoisotopic (exact) mass is 355 g/mol. The number of para-hydroxylation sites is 2. The highest BCUT2D eigenvalue weighted by molar-refractivity contribution is 14.1. The molecule has 0 bridgehead atoms. The highest BCUT2D eigenvalue weighted by atomic mass is 127. The van der Waals surface area contributed by atoms with Gasteiger partial charge in [0.15, 0.2) is 0 Å². The number of benzene rings is 2. The standard InChI is InChI=1S/C14H14INO2/c15-11-4-3-5-12(10-11)17-8-9-18-14-7-2-1-6-13(14)16/h1-7,10H,8-9,16H2. The van der Waals surface area contributed by atoms with Crippen LogP contribution in [0.5, 0.6) is 11.5 Å². The molecule has 2 aromatic rings. The molecule has 0 aromatic heterocycles. The third kappa shape index (κ3) is 3.80. The normalized spacial score (nSPS) is 10.1. The molecule has 94 valence electrons. The number of hydrogen-bond acceptors (Lipinski definition) is 3. The lowest BCUT2D eigenvalue weighted by Gasteiger charge is -2.10. The zero-order chi connectivity index (χ0) is 12.8. The van der Waals surface area contributed by atoms with Crippen molar-refractivity contribution in [1.82, 2.24) is 0 Å². The number of ether oxygens (including phenoxy) is 2. The molecule has 2 N–H and O–H groups in total. The van der Waals surface area contributed by atoms with E-state index in [0.717, 1.165) is 9.32 Å². The fourth-order valence-corrected chi connectivity index (χ4v) is 1.99. The van der Waals surface area contributed by atoms with E-state index in [9.17, 15) is 0 Å². The first-order chi connectivity index (χ1) is 8.75. The van der Waals surface area contributed by atoms with Crippen molar-refractivity contribution in [2.24, 2.45) is 0 Å². The van der Waals surface area contributed by atoms with Gasteiger partial charge in [0.1, 0.15) is 24.7 Å². The van der Waals surface area contributed by atoms with Crippen molar-refractivity contribution in [2.45, 2.75) is 0 Å². The van der Waals surface area contributed by atoms with Crippen molar-refractivity contribution < 1.29 is 9.47 Å². The van der Waals surface area contributed by atoms with E-state index in [4.69, 9.17) is 15.2 Å². The van der Waals surface area contributed by atoms with Crippen molar-refractivity contribution in [3.63, 3.8) is 0 Å². The molecule has 0 fully saturated rings. The van der Waals surface area contributed by atoms with E-state index in [0.29, 0.717) is 24.7 Å². The molecule has 3 nitrogen and oxygen atoms in total. The maximum Gasteiger partial charge on any atom is 0.142 e. The fraction of sp³-hybridized carbons (Fsp3) is 0.143. The highest BCUT2D eigenvalue weighted by Crippen LogP contribution is 2.19. The van der Waals surface area contributed by atoms with E-state index >= 15 is 0 Å². The maximum atomic E-state index is 5.77. The summed E-state index contributed by atoms with van der Waals surface area (Å²) in [6, 6.07) is 15.3. The zero-order valence-corrected chi connectivity index (χ0v) is 12.0. The van der Waals surface area contributed by atoms with Gasteiger partial charge in [0.05, 0.1) is 5.69 Å². The molecule has 0 heterocycles. The van der Waals surface area contributed by atoms with Crippen LogP contribution in [0.1, 0.15) is 0 Å². The molecule has 4 heteroatoms. The van der Waals surface area contributed by atoms with Crippen LogP contribution in [0.2, 0.25) is 0 Å². The summed E-state index contributed by atoms with van der Waals surface area (Å²) in [5.41, 5.74) is 6.41. The van der Waals surface area contributed by atoms with Crippen molar-refractivity contribution in [1.29, 1.82) is 0 Å². The van der Waals surface area contributed by atoms with Crippen molar-refractivity contribution in [2.75, 3.05) is 18.9 Å². The minimum Gasteiger partial charge on any atom is -0.490 e. The summed E-state index contributed by atoms with van der Waals surface area (Å²) in [5, 5.41) is 0. The largest absolute Gasteiger partial charge is 0.490 e. The van der Waals surface area contributed by atoms with Crippen LogP contribution in [0.3, 0.4) is 0 Å². The average Bonchev–Trinajstić information content (AvgIpc) is 2.37. The molecular formula is C14H14INO2. The number of anilines is 1. The molecule has 0 radical (unpaired) electrons. The summed E-state index contributed by atoms with van der Waals surface area (Å²) in [6.07, 6.45) is 0. The Hall–Kier alpha value is -1.43. The van der Waals surface area contributed by atoms with Crippen LogP contribution in [-0.2, 0) is 0 Å². The van der Waals surface area contributed by atoms with Gasteiger partial charge in [-0.1, -0.05) is 18.2 Å². The number of nitrogen functional groups attached to an aromatic ring is 1. The first kappa shape index (κ1) is 13.0. The van der Waals surface area contributed by atoms with Gasteiger partial charge in [0.25, 0.3) is 0 Å². The van der Waals surface area contributed by atoms with E-state index in [1.165, 1.54) is 0 Å². The minimum absolute atomic E-state index is 0.472. The summed E-state index contributed by atoms with van der Waals surface area (Å²) < 4.78 is 12.3. The maximum absolute atomic E-state index is 5.77. The zero-order valence-electron chi connectivity index (χ0n) is 9.80. The van der Waals surface area contributed by atoms with Crippen molar-refractivity contribution >= 4 is 28.3 Å². The number of hydrogen-bond donors (Lipinski definition) is 1. The van der Waals surface area contributed by atoms with Gasteiger partial charge >= 0.3 is 0 Å². The lowest BCUT2D eigenvalue weighted by atomic mass is 10.3. The third-order valence-electron chi connectivity index (χ3n) is 2.32. The molecule has 0 amide bonds. The van der Waals surface area contributed by atoms with Crippen LogP contribution >= 0.6 is 22.6 Å². The Morgan fingerprint density at radius 2 is 1.72 bits per heavy atom. The second kappa shape index (κ2) is 6.49. The molecule has 0 aliphatic rings. The van der Waals surface area contributed by atoms with Gasteiger partial charge in [0, 0.05) is 3.57 Å². The van der Waals surface area contributed by atoms with Gasteiger partial charge in [-0.3, -0.25) is 0 Å². The number of nitrogens with two attached hydrogens (primary N) is 1. The molecule has 0 saturated heterocycles. The Bertz CT molecular complexity index is 517. The second-order valence-electron chi connectivity index (χ2n) is 3.69. The van der Waals surface area contributed by atoms with Crippen LogP contribution in [0.25, 0.3) is 0 Å². The summed E-state index contributed by atoms with van der Waals surface area (Å²) in [5.74, 6) is 1.55. The fourth-order valence-electron chi connectivity index (χ4n) is 1.48. The van der Waals surface area contributed by atoms with Gasteiger partial charge in [-0.15, -0.1) is 0 Å². The van der Waals surface area contributed by atoms with Crippen LogP contribution < -0.4 is 15.2 Å². The molecule has 0 spiro atoms. The Labute approximate surface area is 120 Å². The van der Waals surface area contributed by atoms with E-state index < -0.39 is 0 Å². The lowest BCUT2D eigenvalue weighted by Crippen LogP contribution is -2.09. The second-order valence-corrected chi connectivity index (χ2v) is 4.94. The first-order valence-corrected chi connectivity index (χ1v) is 6.69. The Kier molecular flexibility index (Phi) is 4.69. The Balaban J connectivity index is 1.78. The Morgan fingerprint density at radius 3 is 2.50 bits per heavy atom. The van der Waals surface area contributed by atoms with Gasteiger partial charge in [-0.2, -0.15) is 0 Å². The van der Waals surface area contributed by atoms with Crippen LogP contribution in [0.15, 0.2) is 48.5 Å². The molecule has 0 unspecified atom stereocenters. The summed E-state index contributed by atoms with van der Waals surface area (Å²) in [7, 11) is 0. The average molecular weight is 355 g/mol. The summed E-state index contributed by atoms with van der Waals surface area (Å²) >= 11 is 2.25. The van der Waals surface area contributed by atoms with Crippen molar-refractivity contribution in [3.8, 4) is 11.5 Å². The van der Waals surface area contributed by atoms with Crippen LogP contribution in [0.4, 0.5) is 5.69 Å². The topological polar surface area (TPSA) is 44.5 Å². The van der Waals surface area contributed by atoms with E-state index in [1.807, 2.05) is 48.5 Å².